The van der Waals surface area contributed by atoms with Crippen LogP contribution in [0.5, 0.6) is 17.2 Å². The largest absolute Gasteiger partial charge is 0.482 e. The van der Waals surface area contributed by atoms with Crippen LogP contribution >= 0.6 is 0 Å². The first-order valence-electron chi connectivity index (χ1n) is 19.3. The van der Waals surface area contributed by atoms with E-state index in [1.165, 1.54) is 19.0 Å². The van der Waals surface area contributed by atoms with Crippen molar-refractivity contribution in [1.29, 1.82) is 0 Å². The molecule has 4 bridgehead atoms. The van der Waals surface area contributed by atoms with Crippen molar-refractivity contribution in [3.05, 3.63) is 64.0 Å². The molecule has 1 aromatic heterocycles. The first-order valence-corrected chi connectivity index (χ1v) is 19.3. The molecular weight excluding hydrogens is 700 g/mol. The van der Waals surface area contributed by atoms with E-state index in [2.05, 4.69) is 62.9 Å². The van der Waals surface area contributed by atoms with Gasteiger partial charge in [0.1, 0.15) is 23.4 Å². The third-order valence-corrected chi connectivity index (χ3v) is 13.0. The summed E-state index contributed by atoms with van der Waals surface area (Å²) >= 11 is 0. The van der Waals surface area contributed by atoms with Gasteiger partial charge < -0.3 is 23.7 Å². The molecule has 1 saturated heterocycles. The monoisotopic (exact) mass is 748 g/mol. The molecule has 0 amide bonds. The SMILES string of the molecule is COC(=O)C(C)=CCC12OC(C)(C)C3CC(C1=O)C1C4C(=Nc5ncnn51)c1c(c(CC=C(C)C)c5c6c1OC(=O)CC6=CC(C)(CCC=C(C)C)O5)OC432. The van der Waals surface area contributed by atoms with Crippen molar-refractivity contribution in [2.24, 2.45) is 22.7 Å². The fourth-order valence-electron chi connectivity index (χ4n) is 10.8. The van der Waals surface area contributed by atoms with Crippen molar-refractivity contribution >= 4 is 35.0 Å². The van der Waals surface area contributed by atoms with Gasteiger partial charge in [0.25, 0.3) is 0 Å². The molecule has 0 radical (unpaired) electrons. The Morgan fingerprint density at radius 3 is 2.47 bits per heavy atom. The minimum absolute atomic E-state index is 0.0845. The summed E-state index contributed by atoms with van der Waals surface area (Å²) in [5.41, 5.74) is 1.97. The van der Waals surface area contributed by atoms with Crippen LogP contribution in [0.1, 0.15) is 110 Å². The molecule has 1 aromatic carbocycles. The number of aliphatic imine (C=N–C) groups is 1. The Morgan fingerprint density at radius 2 is 1.75 bits per heavy atom. The van der Waals surface area contributed by atoms with E-state index in [4.69, 9.17) is 28.7 Å². The van der Waals surface area contributed by atoms with Crippen LogP contribution in [0.4, 0.5) is 5.95 Å². The first-order chi connectivity index (χ1) is 26.1. The second kappa shape index (κ2) is 11.8. The minimum atomic E-state index is -1.50. The molecule has 0 N–H and O–H groups in total. The molecular formula is C43H48N4O8. The number of hydrogen-bond acceptors (Lipinski definition) is 11. The van der Waals surface area contributed by atoms with Gasteiger partial charge in [-0.1, -0.05) is 29.4 Å². The Hall–Kier alpha value is -4.84. The number of ketones is 1. The fourth-order valence-corrected chi connectivity index (χ4v) is 10.8. The average molecular weight is 749 g/mol. The summed E-state index contributed by atoms with van der Waals surface area (Å²) < 4.78 is 35.1. The van der Waals surface area contributed by atoms with Gasteiger partial charge >= 0.3 is 11.9 Å². The molecule has 55 heavy (non-hydrogen) atoms. The second-order valence-electron chi connectivity index (χ2n) is 17.5. The van der Waals surface area contributed by atoms with Gasteiger partial charge in [-0.25, -0.2) is 14.5 Å². The summed E-state index contributed by atoms with van der Waals surface area (Å²) in [6.45, 7) is 16.0. The highest BCUT2D eigenvalue weighted by atomic mass is 16.6. The number of carbonyl (C=O) groups excluding carboxylic acids is 3. The molecule has 8 aliphatic rings. The highest BCUT2D eigenvalue weighted by Crippen LogP contribution is 2.74. The number of esters is 2. The number of methoxy groups -OCH3 is 1. The molecule has 288 valence electrons. The molecule has 12 nitrogen and oxygen atoms in total. The summed E-state index contributed by atoms with van der Waals surface area (Å²) in [5.74, 6) is -0.467. The van der Waals surface area contributed by atoms with E-state index in [0.29, 0.717) is 59.3 Å². The summed E-state index contributed by atoms with van der Waals surface area (Å²) in [7, 11) is 1.34. The van der Waals surface area contributed by atoms with Crippen molar-refractivity contribution in [2.45, 2.75) is 122 Å². The van der Waals surface area contributed by atoms with E-state index in [-0.39, 0.29) is 30.5 Å². The maximum atomic E-state index is 15.3. The van der Waals surface area contributed by atoms with Crippen LogP contribution in [0, 0.1) is 17.8 Å². The zero-order chi connectivity index (χ0) is 39.0. The number of carbonyl (C=O) groups is 3. The van der Waals surface area contributed by atoms with E-state index in [1.54, 1.807) is 17.7 Å². The number of hydrogen-bond donors (Lipinski definition) is 0. The standard InChI is InChI=1S/C43H48N4O8/c1-21(2)11-10-15-41(8)19-24-17-28(48)52-36-29(24)34(53-41)25(13-12-22(3)4)35-30(36)32-31-33(47-39(46-32)44-20-45-47)26-18-27-40(6,7)55-42(37(26)49,43(27,31)54-35)16-14-23(5)38(50)51-9/h11-12,14,19-20,26-27,31,33H,10,13,15-18H2,1-9H3. The summed E-state index contributed by atoms with van der Waals surface area (Å²) in [6, 6.07) is -0.480. The van der Waals surface area contributed by atoms with Crippen molar-refractivity contribution < 1.29 is 38.1 Å². The topological polar surface area (TPSA) is 140 Å². The second-order valence-corrected chi connectivity index (χ2v) is 17.5. The molecule has 3 saturated carbocycles. The van der Waals surface area contributed by atoms with Crippen LogP contribution in [-0.2, 0) is 30.3 Å². The van der Waals surface area contributed by atoms with Crippen molar-refractivity contribution in [3.8, 4) is 17.2 Å². The van der Waals surface area contributed by atoms with Gasteiger partial charge in [0.2, 0.25) is 5.95 Å². The lowest BCUT2D eigenvalue weighted by molar-refractivity contribution is -0.207. The van der Waals surface area contributed by atoms with Crippen LogP contribution in [0.25, 0.3) is 5.57 Å². The molecule has 12 heteroatoms. The van der Waals surface area contributed by atoms with Gasteiger partial charge in [-0.15, -0.1) is 0 Å². The van der Waals surface area contributed by atoms with Crippen LogP contribution < -0.4 is 14.2 Å². The van der Waals surface area contributed by atoms with E-state index < -0.39 is 46.3 Å². The Bertz CT molecular complexity index is 2270. The number of aromatic nitrogens is 3. The average Bonchev–Trinajstić information content (AvgIpc) is 3.64. The Labute approximate surface area is 320 Å². The van der Waals surface area contributed by atoms with E-state index >= 15 is 4.79 Å². The fraction of sp³-hybridized carbons (Fsp3) is 0.535. The van der Waals surface area contributed by atoms with Gasteiger partial charge in [-0.3, -0.25) is 9.59 Å². The Morgan fingerprint density at radius 1 is 1.00 bits per heavy atom. The van der Waals surface area contributed by atoms with E-state index in [9.17, 15) is 9.59 Å². The van der Waals surface area contributed by atoms with E-state index in [0.717, 1.165) is 28.7 Å². The molecule has 1 spiro atoms. The van der Waals surface area contributed by atoms with Gasteiger partial charge in [-0.2, -0.15) is 10.1 Å². The maximum Gasteiger partial charge on any atom is 0.333 e. The molecule has 3 aliphatic carbocycles. The zero-order valence-electron chi connectivity index (χ0n) is 33.0. The number of rotatable bonds is 8. The third-order valence-electron chi connectivity index (χ3n) is 13.0. The Kier molecular flexibility index (Phi) is 7.71. The molecule has 5 aliphatic heterocycles. The van der Waals surface area contributed by atoms with Crippen molar-refractivity contribution in [3.63, 3.8) is 0 Å². The first kappa shape index (κ1) is 35.8. The van der Waals surface area contributed by atoms with Gasteiger partial charge in [0.15, 0.2) is 22.7 Å². The lowest BCUT2D eigenvalue weighted by Crippen LogP contribution is -2.79. The summed E-state index contributed by atoms with van der Waals surface area (Å²) in [5, 5.41) is 4.63. The van der Waals surface area contributed by atoms with Crippen LogP contribution in [0.15, 0.2) is 52.3 Å². The van der Waals surface area contributed by atoms with E-state index in [1.807, 2.05) is 13.8 Å². The smallest absolute Gasteiger partial charge is 0.333 e. The molecule has 7 atom stereocenters. The number of fused-ring (bicyclic) bond motifs is 4. The quantitative estimate of drug-likeness (QED) is 0.119. The van der Waals surface area contributed by atoms with Crippen LogP contribution in [0.2, 0.25) is 0 Å². The van der Waals surface area contributed by atoms with Crippen LogP contribution in [0.3, 0.4) is 0 Å². The summed E-state index contributed by atoms with van der Waals surface area (Å²) in [6.07, 6.45) is 12.3. The molecule has 7 unspecified atom stereocenters. The number of ether oxygens (including phenoxy) is 5. The molecule has 6 heterocycles. The van der Waals surface area contributed by atoms with Crippen molar-refractivity contribution in [1.82, 2.24) is 14.8 Å². The number of benzene rings is 1. The number of nitrogens with zero attached hydrogens (tertiary/aromatic N) is 4. The maximum absolute atomic E-state index is 15.3. The lowest BCUT2D eigenvalue weighted by atomic mass is 9.44. The van der Waals surface area contributed by atoms with Gasteiger partial charge in [0, 0.05) is 29.4 Å². The van der Waals surface area contributed by atoms with Crippen LogP contribution in [-0.4, -0.2) is 67.7 Å². The Balaban J connectivity index is 1.36. The van der Waals surface area contributed by atoms with Crippen molar-refractivity contribution in [2.75, 3.05) is 7.11 Å². The zero-order valence-corrected chi connectivity index (χ0v) is 33.0. The predicted molar refractivity (Wildman–Crippen MR) is 202 cm³/mol. The molecule has 2 aromatic rings. The third kappa shape index (κ3) is 4.79. The number of allylic oxidation sites excluding steroid dienone is 4. The normalized spacial score (nSPS) is 32.3. The predicted octanol–water partition coefficient (Wildman–Crippen LogP) is 7.08. The van der Waals surface area contributed by atoms with Gasteiger partial charge in [0.05, 0.1) is 47.9 Å². The summed E-state index contributed by atoms with van der Waals surface area (Å²) in [4.78, 5) is 51.5. The van der Waals surface area contributed by atoms with Gasteiger partial charge in [-0.05, 0) is 92.7 Å². The molecule has 4 fully saturated rings. The number of Topliss-reactive ketones (excluding diaryl/α,β-unsaturated/α-hetero) is 1. The molecule has 10 rings (SSSR count). The lowest BCUT2D eigenvalue weighted by Gasteiger charge is -2.64. The highest BCUT2D eigenvalue weighted by molar-refractivity contribution is 6.16. The minimum Gasteiger partial charge on any atom is -0.482 e. The highest BCUT2D eigenvalue weighted by Gasteiger charge is 2.86.